The van der Waals surface area contributed by atoms with Crippen LogP contribution in [0.1, 0.15) is 19.8 Å². The standard InChI is InChI=1S/C24H31ClN4OS/c1-2-9-27-11-13-28(14-12-27)10-4-8-26-24(30)18-29-21-7-6-20(25)16-19(21)17-22(29)23-5-3-15-31-23/h3,5-7,15-17H,2,4,8-14,18H2,1H3,(H,26,30). The first-order valence-electron chi connectivity index (χ1n) is 11.2. The lowest BCUT2D eigenvalue weighted by atomic mass is 10.2. The molecule has 166 valence electrons. The number of aromatic nitrogens is 1. The van der Waals surface area contributed by atoms with Crippen molar-refractivity contribution >= 4 is 39.7 Å². The smallest absolute Gasteiger partial charge is 0.239 e. The fraction of sp³-hybridized carbons (Fsp3) is 0.458. The van der Waals surface area contributed by atoms with Gasteiger partial charge in [0.05, 0.1) is 10.6 Å². The highest BCUT2D eigenvalue weighted by molar-refractivity contribution is 7.13. The van der Waals surface area contributed by atoms with Crippen LogP contribution in [0.15, 0.2) is 41.8 Å². The fourth-order valence-electron chi connectivity index (χ4n) is 4.32. The Kier molecular flexibility index (Phi) is 7.67. The molecule has 7 heteroatoms. The Bertz CT molecular complexity index is 993. The van der Waals surface area contributed by atoms with Gasteiger partial charge in [-0.3, -0.25) is 4.79 Å². The summed E-state index contributed by atoms with van der Waals surface area (Å²) in [6.45, 7) is 10.1. The maximum atomic E-state index is 12.7. The average Bonchev–Trinajstić information content (AvgIpc) is 3.41. The van der Waals surface area contributed by atoms with Crippen molar-refractivity contribution in [1.82, 2.24) is 19.7 Å². The number of hydrogen-bond acceptors (Lipinski definition) is 4. The Labute approximate surface area is 193 Å². The second-order valence-corrected chi connectivity index (χ2v) is 9.57. The molecule has 3 heterocycles. The van der Waals surface area contributed by atoms with Crippen LogP contribution in [0.4, 0.5) is 0 Å². The van der Waals surface area contributed by atoms with Crippen LogP contribution in [0.25, 0.3) is 21.5 Å². The van der Waals surface area contributed by atoms with E-state index >= 15 is 0 Å². The number of benzene rings is 1. The molecule has 0 aliphatic carbocycles. The van der Waals surface area contributed by atoms with Gasteiger partial charge in [0.15, 0.2) is 0 Å². The maximum absolute atomic E-state index is 12.7. The molecule has 1 saturated heterocycles. The molecule has 0 bridgehead atoms. The van der Waals surface area contributed by atoms with E-state index in [1.807, 2.05) is 24.3 Å². The molecule has 1 N–H and O–H groups in total. The molecular formula is C24H31ClN4OS. The number of fused-ring (bicyclic) bond motifs is 1. The normalized spacial score (nSPS) is 15.5. The molecule has 0 spiro atoms. The van der Waals surface area contributed by atoms with E-state index in [1.165, 1.54) is 13.0 Å². The van der Waals surface area contributed by atoms with Crippen molar-refractivity contribution in [2.24, 2.45) is 0 Å². The average molecular weight is 459 g/mol. The summed E-state index contributed by atoms with van der Waals surface area (Å²) >= 11 is 7.87. The number of carbonyl (C=O) groups excluding carboxylic acids is 1. The highest BCUT2D eigenvalue weighted by Crippen LogP contribution is 2.32. The van der Waals surface area contributed by atoms with E-state index in [-0.39, 0.29) is 5.91 Å². The summed E-state index contributed by atoms with van der Waals surface area (Å²) in [5.41, 5.74) is 2.10. The van der Waals surface area contributed by atoms with E-state index < -0.39 is 0 Å². The van der Waals surface area contributed by atoms with Crippen molar-refractivity contribution in [3.05, 3.63) is 46.8 Å². The summed E-state index contributed by atoms with van der Waals surface area (Å²) in [6.07, 6.45) is 2.21. The number of carbonyl (C=O) groups is 1. The zero-order valence-electron chi connectivity index (χ0n) is 18.1. The number of piperazine rings is 1. The van der Waals surface area contributed by atoms with Crippen LogP contribution >= 0.6 is 22.9 Å². The predicted molar refractivity (Wildman–Crippen MR) is 131 cm³/mol. The van der Waals surface area contributed by atoms with Crippen LogP contribution in [0, 0.1) is 0 Å². The predicted octanol–water partition coefficient (Wildman–Crippen LogP) is 4.56. The summed E-state index contributed by atoms with van der Waals surface area (Å²) in [5.74, 6) is 0.0537. The van der Waals surface area contributed by atoms with Crippen LogP contribution < -0.4 is 5.32 Å². The van der Waals surface area contributed by atoms with Gasteiger partial charge in [-0.1, -0.05) is 24.6 Å². The molecule has 1 fully saturated rings. The van der Waals surface area contributed by atoms with Crippen LogP contribution in [0.3, 0.4) is 0 Å². The van der Waals surface area contributed by atoms with Crippen LogP contribution in [-0.2, 0) is 11.3 Å². The van der Waals surface area contributed by atoms with Gasteiger partial charge in [-0.05, 0) is 61.6 Å². The van der Waals surface area contributed by atoms with Gasteiger partial charge in [-0.25, -0.2) is 0 Å². The first-order chi connectivity index (χ1) is 15.1. The van der Waals surface area contributed by atoms with Gasteiger partial charge in [0.2, 0.25) is 5.91 Å². The lowest BCUT2D eigenvalue weighted by molar-refractivity contribution is -0.121. The topological polar surface area (TPSA) is 40.5 Å². The lowest BCUT2D eigenvalue weighted by Gasteiger charge is -2.34. The molecule has 2 aromatic heterocycles. The van der Waals surface area contributed by atoms with E-state index in [2.05, 4.69) is 44.1 Å². The molecule has 5 nitrogen and oxygen atoms in total. The molecule has 1 aliphatic heterocycles. The first kappa shape index (κ1) is 22.3. The molecule has 31 heavy (non-hydrogen) atoms. The van der Waals surface area contributed by atoms with Crippen molar-refractivity contribution in [3.8, 4) is 10.6 Å². The van der Waals surface area contributed by atoms with Crippen LogP contribution in [-0.4, -0.2) is 66.1 Å². The van der Waals surface area contributed by atoms with Gasteiger partial charge in [0.25, 0.3) is 0 Å². The highest BCUT2D eigenvalue weighted by Gasteiger charge is 2.16. The molecule has 1 aromatic carbocycles. The van der Waals surface area contributed by atoms with E-state index in [4.69, 9.17) is 11.6 Å². The Morgan fingerprint density at radius 1 is 1.10 bits per heavy atom. The molecule has 0 atom stereocenters. The van der Waals surface area contributed by atoms with Crippen LogP contribution in [0.2, 0.25) is 5.02 Å². The highest BCUT2D eigenvalue weighted by atomic mass is 35.5. The largest absolute Gasteiger partial charge is 0.355 e. The summed E-state index contributed by atoms with van der Waals surface area (Å²) in [7, 11) is 0. The maximum Gasteiger partial charge on any atom is 0.239 e. The molecular weight excluding hydrogens is 428 g/mol. The summed E-state index contributed by atoms with van der Waals surface area (Å²) in [4.78, 5) is 18.9. The van der Waals surface area contributed by atoms with Crippen molar-refractivity contribution in [3.63, 3.8) is 0 Å². The van der Waals surface area contributed by atoms with Gasteiger partial charge < -0.3 is 19.7 Å². The molecule has 0 radical (unpaired) electrons. The number of nitrogens with one attached hydrogen (secondary N) is 1. The number of amides is 1. The van der Waals surface area contributed by atoms with Gasteiger partial charge in [-0.2, -0.15) is 0 Å². The van der Waals surface area contributed by atoms with Gasteiger partial charge in [0.1, 0.15) is 6.54 Å². The molecule has 0 saturated carbocycles. The second-order valence-electron chi connectivity index (χ2n) is 8.18. The van der Waals surface area contributed by atoms with Crippen LogP contribution in [0.5, 0.6) is 0 Å². The Morgan fingerprint density at radius 2 is 1.87 bits per heavy atom. The van der Waals surface area contributed by atoms with Gasteiger partial charge in [0, 0.05) is 48.6 Å². The Hall–Kier alpha value is -1.86. The summed E-state index contributed by atoms with van der Waals surface area (Å²) in [6, 6.07) is 12.1. The Morgan fingerprint density at radius 3 is 2.58 bits per heavy atom. The molecule has 3 aromatic rings. The van der Waals surface area contributed by atoms with Crippen molar-refractivity contribution in [2.45, 2.75) is 26.3 Å². The van der Waals surface area contributed by atoms with Crippen molar-refractivity contribution in [2.75, 3.05) is 45.8 Å². The SMILES string of the molecule is CCCN1CCN(CCCNC(=O)Cn2c(-c3cccs3)cc3cc(Cl)ccc32)CC1. The number of nitrogens with zero attached hydrogens (tertiary/aromatic N) is 3. The minimum Gasteiger partial charge on any atom is -0.355 e. The fourth-order valence-corrected chi connectivity index (χ4v) is 5.25. The monoisotopic (exact) mass is 458 g/mol. The second kappa shape index (κ2) is 10.6. The quantitative estimate of drug-likeness (QED) is 0.478. The summed E-state index contributed by atoms with van der Waals surface area (Å²) < 4.78 is 2.10. The lowest BCUT2D eigenvalue weighted by Crippen LogP contribution is -2.47. The van der Waals surface area contributed by atoms with E-state index in [1.54, 1.807) is 11.3 Å². The van der Waals surface area contributed by atoms with Gasteiger partial charge in [-0.15, -0.1) is 11.3 Å². The number of rotatable bonds is 9. The minimum absolute atomic E-state index is 0.0537. The molecule has 1 aliphatic rings. The van der Waals surface area contributed by atoms with E-state index in [0.717, 1.165) is 60.6 Å². The third-order valence-corrected chi connectivity index (χ3v) is 7.04. The van der Waals surface area contributed by atoms with Crippen molar-refractivity contribution < 1.29 is 4.79 Å². The van der Waals surface area contributed by atoms with E-state index in [9.17, 15) is 4.79 Å². The molecule has 0 unspecified atom stereocenters. The summed E-state index contributed by atoms with van der Waals surface area (Å²) in [5, 5.41) is 6.95. The third-order valence-electron chi connectivity index (χ3n) is 5.92. The molecule has 1 amide bonds. The van der Waals surface area contributed by atoms with Crippen molar-refractivity contribution in [1.29, 1.82) is 0 Å². The van der Waals surface area contributed by atoms with Gasteiger partial charge >= 0.3 is 0 Å². The molecule has 4 rings (SSSR count). The zero-order valence-corrected chi connectivity index (χ0v) is 19.7. The first-order valence-corrected chi connectivity index (χ1v) is 12.4. The number of thiophene rings is 1. The Balaban J connectivity index is 1.31. The zero-order chi connectivity index (χ0) is 21.6. The van der Waals surface area contributed by atoms with E-state index in [0.29, 0.717) is 18.1 Å². The third kappa shape index (κ3) is 5.69. The minimum atomic E-state index is 0.0537. The number of halogens is 1. The number of hydrogen-bond donors (Lipinski definition) is 1.